The Kier molecular flexibility index (Phi) is 2.88. The molecule has 1 rings (SSSR count). The van der Waals surface area contributed by atoms with Crippen molar-refractivity contribution >= 4 is 17.6 Å². The maximum absolute atomic E-state index is 10.7. The zero-order chi connectivity index (χ0) is 10.0. The van der Waals surface area contributed by atoms with Crippen molar-refractivity contribution in [1.29, 1.82) is 0 Å². The number of pyridine rings is 1. The summed E-state index contributed by atoms with van der Waals surface area (Å²) in [7, 11) is 0. The van der Waals surface area contributed by atoms with E-state index in [0.29, 0.717) is 5.56 Å². The quantitative estimate of drug-likeness (QED) is 0.744. The Morgan fingerprint density at radius 3 is 2.69 bits per heavy atom. The van der Waals surface area contributed by atoms with Gasteiger partial charge in [-0.25, -0.2) is 4.98 Å². The van der Waals surface area contributed by atoms with Crippen molar-refractivity contribution in [2.45, 2.75) is 19.8 Å². The van der Waals surface area contributed by atoms with Crippen molar-refractivity contribution in [2.75, 3.05) is 0 Å². The number of rotatable bonds is 2. The SMILES string of the molecule is Cc1ccc(C(C)C(=O)O)c(Cl)n1. The molecule has 0 amide bonds. The van der Waals surface area contributed by atoms with Gasteiger partial charge in [-0.15, -0.1) is 0 Å². The predicted molar refractivity (Wildman–Crippen MR) is 50.0 cm³/mol. The Hall–Kier alpha value is -1.09. The van der Waals surface area contributed by atoms with Gasteiger partial charge in [0.1, 0.15) is 5.15 Å². The van der Waals surface area contributed by atoms with Crippen LogP contribution in [0.4, 0.5) is 0 Å². The summed E-state index contributed by atoms with van der Waals surface area (Å²) in [5.41, 5.74) is 1.34. The molecule has 1 N–H and O–H groups in total. The number of aryl methyl sites for hydroxylation is 1. The van der Waals surface area contributed by atoms with E-state index in [9.17, 15) is 4.79 Å². The third kappa shape index (κ3) is 2.18. The molecular weight excluding hydrogens is 190 g/mol. The molecule has 0 saturated carbocycles. The van der Waals surface area contributed by atoms with Gasteiger partial charge in [0.2, 0.25) is 0 Å². The fourth-order valence-electron chi connectivity index (χ4n) is 0.992. The van der Waals surface area contributed by atoms with Gasteiger partial charge in [0, 0.05) is 11.3 Å². The number of carbonyl (C=O) groups is 1. The molecule has 1 heterocycles. The fourth-order valence-corrected chi connectivity index (χ4v) is 1.35. The minimum absolute atomic E-state index is 0.273. The standard InChI is InChI=1S/C9H10ClNO2/c1-5-3-4-7(8(10)11-5)6(2)9(12)13/h3-4,6H,1-2H3,(H,12,13). The maximum atomic E-state index is 10.7. The molecule has 4 heteroatoms. The molecule has 1 aromatic heterocycles. The zero-order valence-electron chi connectivity index (χ0n) is 7.41. The number of hydrogen-bond donors (Lipinski definition) is 1. The van der Waals surface area contributed by atoms with E-state index in [4.69, 9.17) is 16.7 Å². The molecule has 0 aliphatic carbocycles. The van der Waals surface area contributed by atoms with Crippen LogP contribution in [0.15, 0.2) is 12.1 Å². The molecule has 70 valence electrons. The minimum Gasteiger partial charge on any atom is -0.481 e. The fraction of sp³-hybridized carbons (Fsp3) is 0.333. The second-order valence-corrected chi connectivity index (χ2v) is 3.25. The van der Waals surface area contributed by atoms with Gasteiger partial charge < -0.3 is 5.11 Å². The molecule has 1 aromatic rings. The second-order valence-electron chi connectivity index (χ2n) is 2.89. The van der Waals surface area contributed by atoms with Crippen LogP contribution < -0.4 is 0 Å². The van der Waals surface area contributed by atoms with Gasteiger partial charge in [0.05, 0.1) is 5.92 Å². The summed E-state index contributed by atoms with van der Waals surface area (Å²) in [5.74, 6) is -1.51. The topological polar surface area (TPSA) is 50.2 Å². The smallest absolute Gasteiger partial charge is 0.310 e. The van der Waals surface area contributed by atoms with Crippen LogP contribution in [0, 0.1) is 6.92 Å². The third-order valence-corrected chi connectivity index (χ3v) is 2.16. The number of nitrogens with zero attached hydrogens (tertiary/aromatic N) is 1. The highest BCUT2D eigenvalue weighted by molar-refractivity contribution is 6.30. The van der Waals surface area contributed by atoms with E-state index in [1.807, 2.05) is 0 Å². The largest absolute Gasteiger partial charge is 0.481 e. The summed E-state index contributed by atoms with van der Waals surface area (Å²) < 4.78 is 0. The Morgan fingerprint density at radius 1 is 1.62 bits per heavy atom. The van der Waals surface area contributed by atoms with Crippen LogP contribution in [0.1, 0.15) is 24.1 Å². The molecule has 1 unspecified atom stereocenters. The van der Waals surface area contributed by atoms with E-state index < -0.39 is 11.9 Å². The van der Waals surface area contributed by atoms with Crippen LogP contribution >= 0.6 is 11.6 Å². The second kappa shape index (κ2) is 3.75. The van der Waals surface area contributed by atoms with Gasteiger partial charge in [-0.1, -0.05) is 17.7 Å². The molecule has 0 spiro atoms. The summed E-state index contributed by atoms with van der Waals surface area (Å²) in [6.45, 7) is 3.39. The van der Waals surface area contributed by atoms with Crippen molar-refractivity contribution in [3.63, 3.8) is 0 Å². The van der Waals surface area contributed by atoms with Crippen LogP contribution in [0.5, 0.6) is 0 Å². The van der Waals surface area contributed by atoms with Gasteiger partial charge >= 0.3 is 5.97 Å². The lowest BCUT2D eigenvalue weighted by atomic mass is 10.0. The van der Waals surface area contributed by atoms with Crippen molar-refractivity contribution in [2.24, 2.45) is 0 Å². The first-order valence-electron chi connectivity index (χ1n) is 3.88. The average molecular weight is 200 g/mol. The summed E-state index contributed by atoms with van der Waals surface area (Å²) in [5, 5.41) is 9.02. The maximum Gasteiger partial charge on any atom is 0.310 e. The number of carboxylic acid groups (broad SMARTS) is 1. The Labute approximate surface area is 81.4 Å². The summed E-state index contributed by atoms with van der Waals surface area (Å²) in [6, 6.07) is 3.45. The monoisotopic (exact) mass is 199 g/mol. The van der Waals surface area contributed by atoms with Crippen molar-refractivity contribution in [3.05, 3.63) is 28.5 Å². The number of halogens is 1. The molecule has 0 saturated heterocycles. The molecule has 0 bridgehead atoms. The van der Waals surface area contributed by atoms with Crippen LogP contribution in [0.3, 0.4) is 0 Å². The molecule has 0 aliphatic heterocycles. The molecule has 0 aliphatic rings. The Bertz CT molecular complexity index is 338. The normalized spacial score (nSPS) is 12.5. The number of aromatic nitrogens is 1. The molecule has 3 nitrogen and oxygen atoms in total. The van der Waals surface area contributed by atoms with E-state index in [-0.39, 0.29) is 5.15 Å². The summed E-state index contributed by atoms with van der Waals surface area (Å²) >= 11 is 5.79. The lowest BCUT2D eigenvalue weighted by Gasteiger charge is -2.07. The van der Waals surface area contributed by atoms with Crippen molar-refractivity contribution in [1.82, 2.24) is 4.98 Å². The molecule has 0 aromatic carbocycles. The van der Waals surface area contributed by atoms with Gasteiger partial charge in [-0.3, -0.25) is 4.79 Å². The van der Waals surface area contributed by atoms with Gasteiger partial charge in [-0.2, -0.15) is 0 Å². The highest BCUT2D eigenvalue weighted by Gasteiger charge is 2.17. The predicted octanol–water partition coefficient (Wildman–Crippen LogP) is 2.23. The first-order chi connectivity index (χ1) is 6.02. The van der Waals surface area contributed by atoms with E-state index in [0.717, 1.165) is 5.69 Å². The average Bonchev–Trinajstić information content (AvgIpc) is 2.03. The zero-order valence-corrected chi connectivity index (χ0v) is 8.17. The molecule has 1 atom stereocenters. The number of hydrogen-bond acceptors (Lipinski definition) is 2. The highest BCUT2D eigenvalue weighted by Crippen LogP contribution is 2.22. The lowest BCUT2D eigenvalue weighted by molar-refractivity contribution is -0.138. The number of aliphatic carboxylic acids is 1. The van der Waals surface area contributed by atoms with Crippen LogP contribution in [-0.2, 0) is 4.79 Å². The highest BCUT2D eigenvalue weighted by atomic mass is 35.5. The van der Waals surface area contributed by atoms with Crippen molar-refractivity contribution < 1.29 is 9.90 Å². The van der Waals surface area contributed by atoms with Gasteiger partial charge in [-0.05, 0) is 19.9 Å². The van der Waals surface area contributed by atoms with Crippen LogP contribution in [0.2, 0.25) is 5.15 Å². The summed E-state index contributed by atoms with van der Waals surface area (Å²) in [4.78, 5) is 14.6. The first-order valence-corrected chi connectivity index (χ1v) is 4.26. The molecule has 13 heavy (non-hydrogen) atoms. The molecular formula is C9H10ClNO2. The summed E-state index contributed by atoms with van der Waals surface area (Å²) in [6.07, 6.45) is 0. The molecule has 0 radical (unpaired) electrons. The van der Waals surface area contributed by atoms with Gasteiger partial charge in [0.25, 0.3) is 0 Å². The Balaban J connectivity index is 3.08. The van der Waals surface area contributed by atoms with E-state index >= 15 is 0 Å². The van der Waals surface area contributed by atoms with Crippen molar-refractivity contribution in [3.8, 4) is 0 Å². The van der Waals surface area contributed by atoms with Crippen LogP contribution in [-0.4, -0.2) is 16.1 Å². The lowest BCUT2D eigenvalue weighted by Crippen LogP contribution is -2.08. The first kappa shape index (κ1) is 9.99. The third-order valence-electron chi connectivity index (χ3n) is 1.85. The van der Waals surface area contributed by atoms with E-state index in [1.54, 1.807) is 26.0 Å². The Morgan fingerprint density at radius 2 is 2.23 bits per heavy atom. The van der Waals surface area contributed by atoms with Crippen LogP contribution in [0.25, 0.3) is 0 Å². The van der Waals surface area contributed by atoms with E-state index in [2.05, 4.69) is 4.98 Å². The minimum atomic E-state index is -0.896. The number of carboxylic acids is 1. The van der Waals surface area contributed by atoms with Gasteiger partial charge in [0.15, 0.2) is 0 Å². The van der Waals surface area contributed by atoms with E-state index in [1.165, 1.54) is 0 Å². The molecule has 0 fully saturated rings.